The fourth-order valence-electron chi connectivity index (χ4n) is 1.57. The molecule has 0 amide bonds. The molecule has 1 atom stereocenters. The van der Waals surface area contributed by atoms with Crippen molar-refractivity contribution in [3.63, 3.8) is 0 Å². The maximum atomic E-state index is 13.7. The van der Waals surface area contributed by atoms with Crippen LogP contribution < -0.4 is 5.32 Å². The van der Waals surface area contributed by atoms with Gasteiger partial charge in [0.1, 0.15) is 6.33 Å². The molecule has 0 aliphatic heterocycles. The molecule has 96 valence electrons. The zero-order valence-corrected chi connectivity index (χ0v) is 10.8. The summed E-state index contributed by atoms with van der Waals surface area (Å²) in [6.45, 7) is 7.76. The van der Waals surface area contributed by atoms with E-state index in [1.54, 1.807) is 6.92 Å². The van der Waals surface area contributed by atoms with Crippen LogP contribution in [0.5, 0.6) is 0 Å². The summed E-state index contributed by atoms with van der Waals surface area (Å²) in [6.07, 6.45) is 1.88. The van der Waals surface area contributed by atoms with Gasteiger partial charge >= 0.3 is 0 Å². The van der Waals surface area contributed by atoms with Crippen LogP contribution in [0, 0.1) is 18.2 Å². The number of aromatic nitrogens is 2. The van der Waals surface area contributed by atoms with Crippen molar-refractivity contribution in [1.82, 2.24) is 9.97 Å². The first-order valence-corrected chi connectivity index (χ1v) is 5.70. The number of anilines is 1. The first kappa shape index (κ1) is 13.8. The van der Waals surface area contributed by atoms with Gasteiger partial charge in [-0.15, -0.1) is 0 Å². The number of aliphatic hydroxyl groups excluding tert-OH is 1. The molecular weight excluding hydrogens is 221 g/mol. The Bertz CT molecular complexity index is 377. The summed E-state index contributed by atoms with van der Waals surface area (Å²) < 4.78 is 13.7. The van der Waals surface area contributed by atoms with Crippen LogP contribution in [-0.2, 0) is 0 Å². The van der Waals surface area contributed by atoms with Gasteiger partial charge in [-0.1, -0.05) is 20.8 Å². The molecule has 1 heterocycles. The molecule has 1 aromatic heterocycles. The summed E-state index contributed by atoms with van der Waals surface area (Å²) in [6, 6.07) is -0.0451. The second-order valence-electron chi connectivity index (χ2n) is 5.20. The summed E-state index contributed by atoms with van der Waals surface area (Å²) in [5, 5.41) is 12.1. The van der Waals surface area contributed by atoms with E-state index in [1.807, 2.05) is 20.8 Å². The number of hydrogen-bond donors (Lipinski definition) is 2. The second-order valence-corrected chi connectivity index (χ2v) is 5.20. The smallest absolute Gasteiger partial charge is 0.186 e. The van der Waals surface area contributed by atoms with E-state index >= 15 is 0 Å². The third-order valence-corrected chi connectivity index (χ3v) is 2.74. The van der Waals surface area contributed by atoms with Crippen molar-refractivity contribution in [2.75, 3.05) is 11.9 Å². The third-order valence-electron chi connectivity index (χ3n) is 2.74. The van der Waals surface area contributed by atoms with Gasteiger partial charge < -0.3 is 10.4 Å². The maximum Gasteiger partial charge on any atom is 0.186 e. The summed E-state index contributed by atoms with van der Waals surface area (Å²) in [5.41, 5.74) is 0.229. The number of nitrogens with zero attached hydrogens (tertiary/aromatic N) is 2. The van der Waals surface area contributed by atoms with Gasteiger partial charge in [0.15, 0.2) is 11.6 Å². The highest BCUT2D eigenvalue weighted by Gasteiger charge is 2.25. The largest absolute Gasteiger partial charge is 0.396 e. The summed E-state index contributed by atoms with van der Waals surface area (Å²) in [5.74, 6) is -0.231. The molecule has 0 aliphatic carbocycles. The van der Waals surface area contributed by atoms with E-state index in [0.717, 1.165) is 0 Å². The molecule has 1 unspecified atom stereocenters. The van der Waals surface area contributed by atoms with Gasteiger partial charge in [-0.05, 0) is 18.8 Å². The second kappa shape index (κ2) is 5.40. The number of aliphatic hydroxyl groups is 1. The normalized spacial score (nSPS) is 13.5. The minimum Gasteiger partial charge on any atom is -0.396 e. The van der Waals surface area contributed by atoms with Crippen LogP contribution >= 0.6 is 0 Å². The Morgan fingerprint density at radius 2 is 2.06 bits per heavy atom. The van der Waals surface area contributed by atoms with Crippen molar-refractivity contribution in [3.05, 3.63) is 17.8 Å². The Balaban J connectivity index is 2.90. The van der Waals surface area contributed by atoms with Gasteiger partial charge in [-0.2, -0.15) is 0 Å². The maximum absolute atomic E-state index is 13.7. The SMILES string of the molecule is Cc1ncnc(NC(CCO)C(C)(C)C)c1F. The van der Waals surface area contributed by atoms with Gasteiger partial charge in [-0.25, -0.2) is 14.4 Å². The molecule has 0 spiro atoms. The van der Waals surface area contributed by atoms with Gasteiger partial charge in [0.2, 0.25) is 0 Å². The van der Waals surface area contributed by atoms with E-state index in [4.69, 9.17) is 5.11 Å². The molecule has 0 saturated carbocycles. The van der Waals surface area contributed by atoms with Gasteiger partial charge in [0.05, 0.1) is 5.69 Å². The van der Waals surface area contributed by atoms with Crippen molar-refractivity contribution >= 4 is 5.82 Å². The van der Waals surface area contributed by atoms with E-state index in [9.17, 15) is 4.39 Å². The van der Waals surface area contributed by atoms with Gasteiger partial charge in [-0.3, -0.25) is 0 Å². The van der Waals surface area contributed by atoms with Crippen LogP contribution in [0.3, 0.4) is 0 Å². The summed E-state index contributed by atoms with van der Waals surface area (Å²) in [4.78, 5) is 7.68. The van der Waals surface area contributed by atoms with Crippen LogP contribution in [0.2, 0.25) is 0 Å². The van der Waals surface area contributed by atoms with Crippen LogP contribution in [0.1, 0.15) is 32.9 Å². The van der Waals surface area contributed by atoms with Gasteiger partial charge in [0.25, 0.3) is 0 Å². The average molecular weight is 241 g/mol. The van der Waals surface area contributed by atoms with E-state index < -0.39 is 5.82 Å². The van der Waals surface area contributed by atoms with Crippen molar-refractivity contribution in [2.45, 2.75) is 40.2 Å². The zero-order valence-electron chi connectivity index (χ0n) is 10.8. The molecule has 0 aromatic carbocycles. The van der Waals surface area contributed by atoms with Crippen LogP contribution in [-0.4, -0.2) is 27.7 Å². The molecule has 0 aliphatic rings. The molecular formula is C12H20FN3O. The Morgan fingerprint density at radius 1 is 1.41 bits per heavy atom. The molecule has 17 heavy (non-hydrogen) atoms. The van der Waals surface area contributed by atoms with Crippen molar-refractivity contribution in [2.24, 2.45) is 5.41 Å². The highest BCUT2D eigenvalue weighted by molar-refractivity contribution is 5.38. The van der Waals surface area contributed by atoms with Gasteiger partial charge in [0, 0.05) is 12.6 Å². The van der Waals surface area contributed by atoms with Crippen LogP contribution in [0.15, 0.2) is 6.33 Å². The zero-order chi connectivity index (χ0) is 13.1. The molecule has 1 aromatic rings. The van der Waals surface area contributed by atoms with E-state index in [0.29, 0.717) is 12.1 Å². The average Bonchev–Trinajstić information content (AvgIpc) is 2.22. The monoisotopic (exact) mass is 241 g/mol. The first-order chi connectivity index (χ1) is 7.86. The lowest BCUT2D eigenvalue weighted by atomic mass is 9.85. The minimum atomic E-state index is -0.431. The molecule has 0 radical (unpaired) electrons. The number of aryl methyl sites for hydroxylation is 1. The number of hydrogen-bond acceptors (Lipinski definition) is 4. The van der Waals surface area contributed by atoms with E-state index in [2.05, 4.69) is 15.3 Å². The van der Waals surface area contributed by atoms with Crippen molar-refractivity contribution in [1.29, 1.82) is 0 Å². The first-order valence-electron chi connectivity index (χ1n) is 5.70. The highest BCUT2D eigenvalue weighted by Crippen LogP contribution is 2.25. The Morgan fingerprint density at radius 3 is 2.59 bits per heavy atom. The minimum absolute atomic E-state index is 0.0451. The Labute approximate surface area is 101 Å². The quantitative estimate of drug-likeness (QED) is 0.848. The Kier molecular flexibility index (Phi) is 4.40. The van der Waals surface area contributed by atoms with E-state index in [1.165, 1.54) is 6.33 Å². The topological polar surface area (TPSA) is 58.0 Å². The lowest BCUT2D eigenvalue weighted by molar-refractivity contribution is 0.234. The van der Waals surface area contributed by atoms with E-state index in [-0.39, 0.29) is 23.9 Å². The standard InChI is InChI=1S/C12H20FN3O/c1-8-10(13)11(15-7-14-8)16-9(5-6-17)12(2,3)4/h7,9,17H,5-6H2,1-4H3,(H,14,15,16). The molecule has 1 rings (SSSR count). The predicted octanol–water partition coefficient (Wildman–Crippen LogP) is 2.13. The van der Waals surface area contributed by atoms with Crippen molar-refractivity contribution in [3.8, 4) is 0 Å². The molecule has 5 heteroatoms. The number of halogens is 1. The fraction of sp³-hybridized carbons (Fsp3) is 0.667. The molecule has 0 fully saturated rings. The molecule has 4 nitrogen and oxygen atoms in total. The highest BCUT2D eigenvalue weighted by atomic mass is 19.1. The fourth-order valence-corrected chi connectivity index (χ4v) is 1.57. The lowest BCUT2D eigenvalue weighted by Gasteiger charge is -2.31. The number of rotatable bonds is 4. The lowest BCUT2D eigenvalue weighted by Crippen LogP contribution is -2.35. The van der Waals surface area contributed by atoms with Crippen LogP contribution in [0.25, 0.3) is 0 Å². The third kappa shape index (κ3) is 3.63. The molecule has 0 saturated heterocycles. The molecule has 0 bridgehead atoms. The Hall–Kier alpha value is -1.23. The summed E-state index contributed by atoms with van der Waals surface area (Å²) in [7, 11) is 0. The predicted molar refractivity (Wildman–Crippen MR) is 65.3 cm³/mol. The van der Waals surface area contributed by atoms with Crippen LogP contribution in [0.4, 0.5) is 10.2 Å². The van der Waals surface area contributed by atoms with Crippen molar-refractivity contribution < 1.29 is 9.50 Å². The molecule has 2 N–H and O–H groups in total. The summed E-state index contributed by atoms with van der Waals surface area (Å²) >= 11 is 0. The number of nitrogens with one attached hydrogen (secondary N) is 1.